The highest BCUT2D eigenvalue weighted by atomic mass is 16.3. The van der Waals surface area contributed by atoms with E-state index in [1.165, 1.54) is 0 Å². The van der Waals surface area contributed by atoms with Gasteiger partial charge in [0.15, 0.2) is 0 Å². The van der Waals surface area contributed by atoms with Crippen LogP contribution in [0.1, 0.15) is 12.8 Å². The van der Waals surface area contributed by atoms with Crippen LogP contribution < -0.4 is 0 Å². The van der Waals surface area contributed by atoms with Crippen LogP contribution >= 0.6 is 0 Å². The fourth-order valence-corrected chi connectivity index (χ4v) is 2.81. The molecule has 1 saturated carbocycles. The summed E-state index contributed by atoms with van der Waals surface area (Å²) in [6.45, 7) is 2.10. The third kappa shape index (κ3) is 2.16. The summed E-state index contributed by atoms with van der Waals surface area (Å²) in [7, 11) is 3.81. The van der Waals surface area contributed by atoms with Gasteiger partial charge in [0.2, 0.25) is 5.91 Å². The molecule has 0 aromatic rings. The molecule has 2 rings (SSSR count). The van der Waals surface area contributed by atoms with Gasteiger partial charge in [0.1, 0.15) is 0 Å². The van der Waals surface area contributed by atoms with Gasteiger partial charge < -0.3 is 14.9 Å². The highest BCUT2D eigenvalue weighted by molar-refractivity contribution is 5.78. The van der Waals surface area contributed by atoms with E-state index in [1.54, 1.807) is 0 Å². The number of hydrogen-bond donors (Lipinski definition) is 1. The lowest BCUT2D eigenvalue weighted by molar-refractivity contribution is -0.131. The Morgan fingerprint density at radius 1 is 1.40 bits per heavy atom. The van der Waals surface area contributed by atoms with E-state index in [4.69, 9.17) is 0 Å². The monoisotopic (exact) mass is 212 g/mol. The first kappa shape index (κ1) is 10.9. The van der Waals surface area contributed by atoms with Gasteiger partial charge in [0.25, 0.3) is 0 Å². The zero-order chi connectivity index (χ0) is 11.0. The molecule has 1 N–H and O–H groups in total. The van der Waals surface area contributed by atoms with Crippen LogP contribution in [0.5, 0.6) is 0 Å². The molecule has 0 aromatic carbocycles. The van der Waals surface area contributed by atoms with Crippen molar-refractivity contribution in [3.8, 4) is 0 Å². The zero-order valence-corrected chi connectivity index (χ0v) is 9.52. The van der Waals surface area contributed by atoms with Gasteiger partial charge in [-0.2, -0.15) is 0 Å². The van der Waals surface area contributed by atoms with Crippen molar-refractivity contribution in [2.45, 2.75) is 18.9 Å². The van der Waals surface area contributed by atoms with Crippen molar-refractivity contribution in [1.29, 1.82) is 0 Å². The van der Waals surface area contributed by atoms with Crippen molar-refractivity contribution in [3.63, 3.8) is 0 Å². The Hall–Kier alpha value is -0.610. The fraction of sp³-hybridized carbons (Fsp3) is 0.909. The summed E-state index contributed by atoms with van der Waals surface area (Å²) in [6, 6.07) is 0. The van der Waals surface area contributed by atoms with E-state index in [0.29, 0.717) is 18.4 Å². The summed E-state index contributed by atoms with van der Waals surface area (Å²) in [5, 5.41) is 9.73. The molecular weight excluding hydrogens is 192 g/mol. The molecule has 3 atom stereocenters. The molecule has 3 unspecified atom stereocenters. The third-order valence-corrected chi connectivity index (χ3v) is 3.62. The van der Waals surface area contributed by atoms with Crippen LogP contribution in [0.4, 0.5) is 0 Å². The van der Waals surface area contributed by atoms with Crippen molar-refractivity contribution in [3.05, 3.63) is 0 Å². The first-order valence-electron chi connectivity index (χ1n) is 5.68. The lowest BCUT2D eigenvalue weighted by Gasteiger charge is -2.20. The summed E-state index contributed by atoms with van der Waals surface area (Å²) in [5.74, 6) is 1.09. The van der Waals surface area contributed by atoms with Crippen LogP contribution in [0.2, 0.25) is 0 Å². The Morgan fingerprint density at radius 3 is 2.73 bits per heavy atom. The number of nitrogens with zero attached hydrogens (tertiary/aromatic N) is 2. The van der Waals surface area contributed by atoms with Crippen LogP contribution in [0.3, 0.4) is 0 Å². The smallest absolute Gasteiger partial charge is 0.236 e. The fourth-order valence-electron chi connectivity index (χ4n) is 2.81. The third-order valence-electron chi connectivity index (χ3n) is 3.62. The van der Waals surface area contributed by atoms with Crippen LogP contribution in [0, 0.1) is 11.8 Å². The van der Waals surface area contributed by atoms with E-state index < -0.39 is 0 Å². The molecule has 2 aliphatic rings. The van der Waals surface area contributed by atoms with Crippen LogP contribution in [0.25, 0.3) is 0 Å². The number of aliphatic hydroxyl groups excluding tert-OH is 1. The highest BCUT2D eigenvalue weighted by Crippen LogP contribution is 2.37. The molecule has 1 heterocycles. The van der Waals surface area contributed by atoms with Gasteiger partial charge in [0.05, 0.1) is 12.6 Å². The Balaban J connectivity index is 1.90. The van der Waals surface area contributed by atoms with Crippen LogP contribution in [-0.4, -0.2) is 60.6 Å². The molecule has 0 spiro atoms. The number of likely N-dealkylation sites (tertiary alicyclic amines) is 1. The first-order chi connectivity index (χ1) is 7.08. The van der Waals surface area contributed by atoms with Crippen molar-refractivity contribution in [1.82, 2.24) is 9.80 Å². The van der Waals surface area contributed by atoms with Crippen LogP contribution in [-0.2, 0) is 4.79 Å². The molecule has 86 valence electrons. The Bertz CT molecular complexity index is 255. The maximum atomic E-state index is 11.8. The van der Waals surface area contributed by atoms with E-state index >= 15 is 0 Å². The molecule has 1 saturated heterocycles. The second-order valence-corrected chi connectivity index (χ2v) is 5.11. The quantitative estimate of drug-likeness (QED) is 0.688. The molecule has 2 fully saturated rings. The molecule has 4 heteroatoms. The summed E-state index contributed by atoms with van der Waals surface area (Å²) < 4.78 is 0. The number of carbonyl (C=O) groups is 1. The summed E-state index contributed by atoms with van der Waals surface area (Å²) in [4.78, 5) is 15.6. The minimum absolute atomic E-state index is 0.174. The SMILES string of the molecule is CN(C)CC(=O)N1CC2CCC(O)C2C1. The number of rotatable bonds is 2. The molecule has 4 nitrogen and oxygen atoms in total. The Morgan fingerprint density at radius 2 is 2.13 bits per heavy atom. The second-order valence-electron chi connectivity index (χ2n) is 5.11. The lowest BCUT2D eigenvalue weighted by atomic mass is 10.00. The molecule has 1 aliphatic heterocycles. The highest BCUT2D eigenvalue weighted by Gasteiger charge is 2.43. The van der Waals surface area contributed by atoms with Gasteiger partial charge in [-0.15, -0.1) is 0 Å². The van der Waals surface area contributed by atoms with Gasteiger partial charge >= 0.3 is 0 Å². The Labute approximate surface area is 90.9 Å². The minimum atomic E-state index is -0.174. The zero-order valence-electron chi connectivity index (χ0n) is 9.52. The van der Waals surface area contributed by atoms with Crippen molar-refractivity contribution in [2.24, 2.45) is 11.8 Å². The first-order valence-corrected chi connectivity index (χ1v) is 5.68. The maximum Gasteiger partial charge on any atom is 0.236 e. The second kappa shape index (κ2) is 4.10. The molecule has 15 heavy (non-hydrogen) atoms. The van der Waals surface area contributed by atoms with Gasteiger partial charge in [-0.3, -0.25) is 4.79 Å². The van der Waals surface area contributed by atoms with Crippen molar-refractivity contribution in [2.75, 3.05) is 33.7 Å². The van der Waals surface area contributed by atoms with Crippen molar-refractivity contribution >= 4 is 5.91 Å². The van der Waals surface area contributed by atoms with Gasteiger partial charge in [-0.25, -0.2) is 0 Å². The number of aliphatic hydroxyl groups is 1. The number of amides is 1. The van der Waals surface area contributed by atoms with Gasteiger partial charge in [-0.1, -0.05) is 0 Å². The normalized spacial score (nSPS) is 34.9. The average molecular weight is 212 g/mol. The molecule has 1 amide bonds. The van der Waals surface area contributed by atoms with E-state index in [-0.39, 0.29) is 12.0 Å². The largest absolute Gasteiger partial charge is 0.393 e. The number of hydrogen-bond acceptors (Lipinski definition) is 3. The van der Waals surface area contributed by atoms with Crippen LogP contribution in [0.15, 0.2) is 0 Å². The standard InChI is InChI=1S/C11H20N2O2/c1-12(2)7-11(15)13-5-8-3-4-10(14)9(8)6-13/h8-10,14H,3-7H2,1-2H3. The number of carbonyl (C=O) groups excluding carboxylic acids is 1. The molecule has 1 aliphatic carbocycles. The van der Waals surface area contributed by atoms with E-state index in [2.05, 4.69) is 0 Å². The van der Waals surface area contributed by atoms with Gasteiger partial charge in [-0.05, 0) is 32.9 Å². The summed E-state index contributed by atoms with van der Waals surface area (Å²) in [5.41, 5.74) is 0. The summed E-state index contributed by atoms with van der Waals surface area (Å²) in [6.07, 6.45) is 1.83. The van der Waals surface area contributed by atoms with Crippen molar-refractivity contribution < 1.29 is 9.90 Å². The average Bonchev–Trinajstić information content (AvgIpc) is 2.67. The van der Waals surface area contributed by atoms with E-state index in [0.717, 1.165) is 25.9 Å². The molecule has 0 aromatic heterocycles. The van der Waals surface area contributed by atoms with E-state index in [1.807, 2.05) is 23.9 Å². The minimum Gasteiger partial charge on any atom is -0.393 e. The lowest BCUT2D eigenvalue weighted by Crippen LogP contribution is -2.37. The number of fused-ring (bicyclic) bond motifs is 1. The van der Waals surface area contributed by atoms with E-state index in [9.17, 15) is 9.90 Å². The predicted octanol–water partition coefficient (Wildman–Crippen LogP) is -0.223. The van der Waals surface area contributed by atoms with Gasteiger partial charge in [0, 0.05) is 19.0 Å². The molecule has 0 radical (unpaired) electrons. The summed E-state index contributed by atoms with van der Waals surface area (Å²) >= 11 is 0. The predicted molar refractivity (Wildman–Crippen MR) is 57.4 cm³/mol. The topological polar surface area (TPSA) is 43.8 Å². The number of likely N-dealkylation sites (N-methyl/N-ethyl adjacent to an activating group) is 1. The molecular formula is C11H20N2O2. The Kier molecular flexibility index (Phi) is 2.98. The maximum absolute atomic E-state index is 11.8. The molecule has 0 bridgehead atoms.